The molecule has 0 aromatic heterocycles. The number of likely N-dealkylation sites (tertiary alicyclic amines) is 1. The fourth-order valence-corrected chi connectivity index (χ4v) is 1.92. The maximum atomic E-state index is 11.6. The Kier molecular flexibility index (Phi) is 3.45. The Hall–Kier alpha value is -0.250. The number of hydrogen-bond donors (Lipinski definition) is 0. The molecular formula is C10H18BrNO2. The van der Waals surface area contributed by atoms with Crippen molar-refractivity contribution in [3.63, 3.8) is 0 Å². The molecule has 82 valence electrons. The van der Waals surface area contributed by atoms with Crippen LogP contribution in [0.15, 0.2) is 0 Å². The van der Waals surface area contributed by atoms with Crippen molar-refractivity contribution in [1.29, 1.82) is 0 Å². The molecule has 1 aliphatic rings. The van der Waals surface area contributed by atoms with Crippen LogP contribution in [0.1, 0.15) is 27.7 Å². The number of ether oxygens (including phenoxy) is 1. The van der Waals surface area contributed by atoms with Gasteiger partial charge in [0.25, 0.3) is 0 Å². The maximum Gasteiger partial charge on any atom is 0.410 e. The summed E-state index contributed by atoms with van der Waals surface area (Å²) in [6, 6.07) is 0. The molecule has 0 aliphatic carbocycles. The van der Waals surface area contributed by atoms with E-state index in [1.165, 1.54) is 0 Å². The van der Waals surface area contributed by atoms with E-state index in [9.17, 15) is 4.79 Å². The molecule has 1 fully saturated rings. The number of nitrogens with zero attached hydrogens (tertiary/aromatic N) is 1. The van der Waals surface area contributed by atoms with Crippen molar-refractivity contribution in [2.75, 3.05) is 13.1 Å². The molecule has 0 N–H and O–H groups in total. The predicted molar refractivity (Wildman–Crippen MR) is 59.7 cm³/mol. The van der Waals surface area contributed by atoms with Gasteiger partial charge < -0.3 is 9.64 Å². The highest BCUT2D eigenvalue weighted by atomic mass is 79.9. The van der Waals surface area contributed by atoms with Crippen molar-refractivity contribution in [1.82, 2.24) is 4.90 Å². The Morgan fingerprint density at radius 2 is 2.00 bits per heavy atom. The molecule has 0 bridgehead atoms. The summed E-state index contributed by atoms with van der Waals surface area (Å²) in [4.78, 5) is 13.8. The zero-order valence-electron chi connectivity index (χ0n) is 9.21. The molecule has 0 aromatic rings. The Morgan fingerprint density at radius 1 is 1.43 bits per heavy atom. The minimum Gasteiger partial charge on any atom is -0.444 e. The van der Waals surface area contributed by atoms with Crippen LogP contribution in [0.4, 0.5) is 4.79 Å². The lowest BCUT2D eigenvalue weighted by Gasteiger charge is -2.24. The van der Waals surface area contributed by atoms with E-state index < -0.39 is 5.60 Å². The molecule has 0 saturated carbocycles. The Bertz CT molecular complexity index is 215. The molecule has 0 unspecified atom stereocenters. The summed E-state index contributed by atoms with van der Waals surface area (Å²) in [6.07, 6.45) is -0.202. The number of alkyl halides is 1. The van der Waals surface area contributed by atoms with E-state index in [1.54, 1.807) is 4.90 Å². The first kappa shape index (κ1) is 11.8. The minimum absolute atomic E-state index is 0.202. The summed E-state index contributed by atoms with van der Waals surface area (Å²) in [5.74, 6) is 0.502. The molecule has 1 heterocycles. The van der Waals surface area contributed by atoms with Gasteiger partial charge in [0, 0.05) is 17.9 Å². The summed E-state index contributed by atoms with van der Waals surface area (Å²) in [7, 11) is 0. The SMILES string of the molecule is C[C@@H]1CN(C(=O)OC(C)(C)C)C[C@@H]1Br. The first-order valence-electron chi connectivity index (χ1n) is 4.91. The van der Waals surface area contributed by atoms with Gasteiger partial charge >= 0.3 is 6.09 Å². The second-order valence-corrected chi connectivity index (χ2v) is 6.05. The third-order valence-corrected chi connectivity index (χ3v) is 3.36. The second-order valence-electron chi connectivity index (χ2n) is 4.88. The fourth-order valence-electron chi connectivity index (χ4n) is 1.40. The topological polar surface area (TPSA) is 29.5 Å². The molecule has 1 saturated heterocycles. The van der Waals surface area contributed by atoms with Gasteiger partial charge in [0.15, 0.2) is 0 Å². The van der Waals surface area contributed by atoms with Crippen molar-refractivity contribution >= 4 is 22.0 Å². The van der Waals surface area contributed by atoms with Crippen LogP contribution in [0.3, 0.4) is 0 Å². The van der Waals surface area contributed by atoms with E-state index in [1.807, 2.05) is 20.8 Å². The molecule has 0 spiro atoms. The summed E-state index contributed by atoms with van der Waals surface area (Å²) in [5.41, 5.74) is -0.398. The average molecular weight is 264 g/mol. The van der Waals surface area contributed by atoms with E-state index in [0.29, 0.717) is 10.7 Å². The van der Waals surface area contributed by atoms with Crippen molar-refractivity contribution in [3.05, 3.63) is 0 Å². The summed E-state index contributed by atoms with van der Waals surface area (Å²) in [6.45, 7) is 9.31. The molecule has 3 nitrogen and oxygen atoms in total. The lowest BCUT2D eigenvalue weighted by atomic mass is 10.2. The van der Waals surface area contributed by atoms with Crippen molar-refractivity contribution in [3.8, 4) is 0 Å². The molecule has 1 rings (SSSR count). The van der Waals surface area contributed by atoms with Crippen molar-refractivity contribution in [2.45, 2.75) is 38.1 Å². The number of halogens is 1. The Balaban J connectivity index is 2.48. The first-order chi connectivity index (χ1) is 6.29. The van der Waals surface area contributed by atoms with Crippen molar-refractivity contribution < 1.29 is 9.53 Å². The van der Waals surface area contributed by atoms with Crippen LogP contribution in [-0.4, -0.2) is 34.5 Å². The van der Waals surface area contributed by atoms with Crippen molar-refractivity contribution in [2.24, 2.45) is 5.92 Å². The van der Waals surface area contributed by atoms with Crippen LogP contribution >= 0.6 is 15.9 Å². The highest BCUT2D eigenvalue weighted by Crippen LogP contribution is 2.24. The third kappa shape index (κ3) is 3.15. The number of rotatable bonds is 0. The molecule has 4 heteroatoms. The average Bonchev–Trinajstić information content (AvgIpc) is 2.28. The number of amides is 1. The highest BCUT2D eigenvalue weighted by molar-refractivity contribution is 9.09. The van der Waals surface area contributed by atoms with E-state index >= 15 is 0 Å². The highest BCUT2D eigenvalue weighted by Gasteiger charge is 2.33. The standard InChI is InChI=1S/C10H18BrNO2/c1-7-5-12(6-8(7)11)9(13)14-10(2,3)4/h7-8H,5-6H2,1-4H3/t7-,8+/m1/s1. The fraction of sp³-hybridized carbons (Fsp3) is 0.900. The van der Waals surface area contributed by atoms with Gasteiger partial charge in [-0.25, -0.2) is 4.79 Å². The lowest BCUT2D eigenvalue weighted by molar-refractivity contribution is 0.0290. The number of carbonyl (C=O) groups is 1. The van der Waals surface area contributed by atoms with Gasteiger partial charge in [-0.3, -0.25) is 0 Å². The van der Waals surface area contributed by atoms with E-state index in [2.05, 4.69) is 22.9 Å². The molecule has 0 radical (unpaired) electrons. The van der Waals surface area contributed by atoms with Crippen LogP contribution in [0.2, 0.25) is 0 Å². The van der Waals surface area contributed by atoms with Gasteiger partial charge in [0.1, 0.15) is 5.60 Å². The minimum atomic E-state index is -0.398. The normalized spacial score (nSPS) is 27.9. The number of hydrogen-bond acceptors (Lipinski definition) is 2. The second kappa shape index (κ2) is 4.09. The van der Waals surface area contributed by atoms with Crippen LogP contribution in [-0.2, 0) is 4.74 Å². The van der Waals surface area contributed by atoms with Crippen LogP contribution < -0.4 is 0 Å². The summed E-state index contributed by atoms with van der Waals surface area (Å²) >= 11 is 3.54. The van der Waals surface area contributed by atoms with Gasteiger partial charge in [-0.05, 0) is 26.7 Å². The van der Waals surface area contributed by atoms with E-state index in [-0.39, 0.29) is 6.09 Å². The van der Waals surface area contributed by atoms with Crippen LogP contribution in [0.25, 0.3) is 0 Å². The maximum absolute atomic E-state index is 11.6. The predicted octanol–water partition coefficient (Wildman–Crippen LogP) is 2.64. The molecule has 1 aliphatic heterocycles. The Morgan fingerprint density at radius 3 is 2.36 bits per heavy atom. The van der Waals surface area contributed by atoms with E-state index in [4.69, 9.17) is 4.74 Å². The lowest BCUT2D eigenvalue weighted by Crippen LogP contribution is -2.35. The molecule has 0 aromatic carbocycles. The van der Waals surface area contributed by atoms with Crippen LogP contribution in [0, 0.1) is 5.92 Å². The smallest absolute Gasteiger partial charge is 0.410 e. The quantitative estimate of drug-likeness (QED) is 0.629. The van der Waals surface area contributed by atoms with Gasteiger partial charge in [0.2, 0.25) is 0 Å². The molecular weight excluding hydrogens is 246 g/mol. The first-order valence-corrected chi connectivity index (χ1v) is 5.83. The Labute approximate surface area is 93.9 Å². The molecule has 14 heavy (non-hydrogen) atoms. The zero-order chi connectivity index (χ0) is 10.9. The third-order valence-electron chi connectivity index (χ3n) is 2.17. The zero-order valence-corrected chi connectivity index (χ0v) is 10.8. The monoisotopic (exact) mass is 263 g/mol. The largest absolute Gasteiger partial charge is 0.444 e. The van der Waals surface area contributed by atoms with Gasteiger partial charge in [-0.2, -0.15) is 0 Å². The van der Waals surface area contributed by atoms with Gasteiger partial charge in [-0.1, -0.05) is 22.9 Å². The van der Waals surface area contributed by atoms with Crippen LogP contribution in [0.5, 0.6) is 0 Å². The van der Waals surface area contributed by atoms with E-state index in [0.717, 1.165) is 13.1 Å². The molecule has 2 atom stereocenters. The summed E-state index contributed by atoms with van der Waals surface area (Å²) in [5, 5.41) is 0. The number of carbonyl (C=O) groups excluding carboxylic acids is 1. The van der Waals surface area contributed by atoms with Gasteiger partial charge in [-0.15, -0.1) is 0 Å². The van der Waals surface area contributed by atoms with Gasteiger partial charge in [0.05, 0.1) is 0 Å². The molecule has 1 amide bonds. The summed E-state index contributed by atoms with van der Waals surface area (Å²) < 4.78 is 5.28.